The van der Waals surface area contributed by atoms with E-state index in [1.807, 2.05) is 0 Å². The van der Waals surface area contributed by atoms with E-state index in [1.165, 1.54) is 12.8 Å². The summed E-state index contributed by atoms with van der Waals surface area (Å²) in [6, 6.07) is 4.87. The SMILES string of the molecule is Cc1cc(Cl)ccc1N(CC(=O)NN=C1CCCCCC1)S(C)(=O)=O. The Balaban J connectivity index is 2.12. The molecule has 0 radical (unpaired) electrons. The zero-order valence-corrected chi connectivity index (χ0v) is 16.2. The predicted molar refractivity (Wildman–Crippen MR) is 102 cm³/mol. The molecule has 0 spiro atoms. The third-order valence-corrected chi connectivity index (χ3v) is 5.50. The Hall–Kier alpha value is -1.60. The highest BCUT2D eigenvalue weighted by Gasteiger charge is 2.22. The van der Waals surface area contributed by atoms with Gasteiger partial charge in [0.15, 0.2) is 0 Å². The average molecular weight is 386 g/mol. The van der Waals surface area contributed by atoms with Gasteiger partial charge in [0, 0.05) is 10.7 Å². The first-order valence-electron chi connectivity index (χ1n) is 8.35. The summed E-state index contributed by atoms with van der Waals surface area (Å²) >= 11 is 5.93. The molecule has 0 bridgehead atoms. The van der Waals surface area contributed by atoms with E-state index in [1.54, 1.807) is 25.1 Å². The summed E-state index contributed by atoms with van der Waals surface area (Å²) in [4.78, 5) is 12.2. The topological polar surface area (TPSA) is 78.8 Å². The Labute approximate surface area is 154 Å². The molecule has 6 nitrogen and oxygen atoms in total. The fourth-order valence-electron chi connectivity index (χ4n) is 2.84. The molecule has 1 aromatic carbocycles. The molecule has 25 heavy (non-hydrogen) atoms. The van der Waals surface area contributed by atoms with Crippen LogP contribution in [0, 0.1) is 6.92 Å². The number of anilines is 1. The molecule has 0 atom stereocenters. The van der Waals surface area contributed by atoms with Crippen molar-refractivity contribution in [1.82, 2.24) is 5.43 Å². The molecule has 138 valence electrons. The molecule has 8 heteroatoms. The van der Waals surface area contributed by atoms with Crippen molar-refractivity contribution in [3.8, 4) is 0 Å². The summed E-state index contributed by atoms with van der Waals surface area (Å²) in [5.41, 5.74) is 4.59. The maximum absolute atomic E-state index is 12.2. The lowest BCUT2D eigenvalue weighted by molar-refractivity contribution is -0.119. The largest absolute Gasteiger partial charge is 0.271 e. The maximum Gasteiger partial charge on any atom is 0.260 e. The van der Waals surface area contributed by atoms with Crippen LogP contribution in [0.4, 0.5) is 5.69 Å². The quantitative estimate of drug-likeness (QED) is 0.624. The Morgan fingerprint density at radius 1 is 1.24 bits per heavy atom. The van der Waals surface area contributed by atoms with Crippen LogP contribution in [0.2, 0.25) is 5.02 Å². The van der Waals surface area contributed by atoms with Gasteiger partial charge in [-0.3, -0.25) is 9.10 Å². The van der Waals surface area contributed by atoms with Crippen LogP contribution in [-0.2, 0) is 14.8 Å². The second kappa shape index (κ2) is 8.67. The van der Waals surface area contributed by atoms with Gasteiger partial charge in [0.1, 0.15) is 6.54 Å². The van der Waals surface area contributed by atoms with Crippen LogP contribution < -0.4 is 9.73 Å². The number of carbonyl (C=O) groups excluding carboxylic acids is 1. The van der Waals surface area contributed by atoms with Crippen LogP contribution in [0.1, 0.15) is 44.1 Å². The second-order valence-corrected chi connectivity index (χ2v) is 8.67. The van der Waals surface area contributed by atoms with E-state index in [-0.39, 0.29) is 6.54 Å². The zero-order chi connectivity index (χ0) is 18.4. The highest BCUT2D eigenvalue weighted by atomic mass is 35.5. The molecular formula is C17H24ClN3O3S. The van der Waals surface area contributed by atoms with Gasteiger partial charge in [-0.25, -0.2) is 13.8 Å². The van der Waals surface area contributed by atoms with Crippen LogP contribution in [0.15, 0.2) is 23.3 Å². The van der Waals surface area contributed by atoms with Crippen LogP contribution >= 0.6 is 11.6 Å². The van der Waals surface area contributed by atoms with Crippen molar-refractivity contribution in [1.29, 1.82) is 0 Å². The third kappa shape index (κ3) is 6.01. The standard InChI is InChI=1S/C17H24ClN3O3S/c1-13-11-14(18)9-10-16(13)21(25(2,23)24)12-17(22)20-19-15-7-5-3-4-6-8-15/h9-11H,3-8,12H2,1-2H3,(H,20,22). The van der Waals surface area contributed by atoms with Gasteiger partial charge >= 0.3 is 0 Å². The molecule has 1 aliphatic carbocycles. The summed E-state index contributed by atoms with van der Waals surface area (Å²) < 4.78 is 25.3. The van der Waals surface area contributed by atoms with Crippen molar-refractivity contribution in [2.24, 2.45) is 5.10 Å². The zero-order valence-electron chi connectivity index (χ0n) is 14.6. The van der Waals surface area contributed by atoms with E-state index in [4.69, 9.17) is 11.6 Å². The van der Waals surface area contributed by atoms with Crippen LogP contribution in [0.3, 0.4) is 0 Å². The second-order valence-electron chi connectivity index (χ2n) is 6.33. The van der Waals surface area contributed by atoms with Crippen LogP contribution in [0.5, 0.6) is 0 Å². The van der Waals surface area contributed by atoms with Gasteiger partial charge in [-0.2, -0.15) is 5.10 Å². The minimum atomic E-state index is -3.62. The third-order valence-electron chi connectivity index (χ3n) is 4.13. The molecule has 1 aromatic rings. The van der Waals surface area contributed by atoms with E-state index in [2.05, 4.69) is 10.5 Å². The molecule has 2 rings (SSSR count). The molecule has 0 heterocycles. The number of aryl methyl sites for hydroxylation is 1. The van der Waals surface area contributed by atoms with Crippen molar-refractivity contribution in [3.63, 3.8) is 0 Å². The highest BCUT2D eigenvalue weighted by molar-refractivity contribution is 7.92. The molecular weight excluding hydrogens is 362 g/mol. The van der Waals surface area contributed by atoms with Crippen molar-refractivity contribution in [2.45, 2.75) is 45.4 Å². The van der Waals surface area contributed by atoms with E-state index < -0.39 is 15.9 Å². The molecule has 0 aromatic heterocycles. The minimum absolute atomic E-state index is 0.321. The number of nitrogens with zero attached hydrogens (tertiary/aromatic N) is 2. The number of halogens is 1. The molecule has 0 saturated heterocycles. The van der Waals surface area contributed by atoms with Crippen molar-refractivity contribution in [2.75, 3.05) is 17.1 Å². The molecule has 1 aliphatic rings. The molecule has 0 unspecified atom stereocenters. The Kier molecular flexibility index (Phi) is 6.84. The van der Waals surface area contributed by atoms with Gasteiger partial charge in [0.2, 0.25) is 10.0 Å². The maximum atomic E-state index is 12.2. The summed E-state index contributed by atoms with van der Waals surface area (Å²) in [5.74, 6) is -0.462. The smallest absolute Gasteiger partial charge is 0.260 e. The number of sulfonamides is 1. The normalized spacial score (nSPS) is 15.4. The van der Waals surface area contributed by atoms with Gasteiger partial charge in [-0.1, -0.05) is 24.4 Å². The fourth-order valence-corrected chi connectivity index (χ4v) is 3.98. The van der Waals surface area contributed by atoms with Crippen LogP contribution in [-0.4, -0.2) is 32.8 Å². The summed E-state index contributed by atoms with van der Waals surface area (Å²) in [7, 11) is -3.62. The Bertz CT molecular complexity index is 752. The molecule has 1 fully saturated rings. The lowest BCUT2D eigenvalue weighted by Gasteiger charge is -2.23. The summed E-state index contributed by atoms with van der Waals surface area (Å²) in [5, 5.41) is 4.70. The van der Waals surface area contributed by atoms with Gasteiger partial charge in [0.05, 0.1) is 11.9 Å². The Morgan fingerprint density at radius 2 is 1.88 bits per heavy atom. The molecule has 1 amide bonds. The highest BCUT2D eigenvalue weighted by Crippen LogP contribution is 2.25. The van der Waals surface area contributed by atoms with E-state index in [0.717, 1.165) is 42.0 Å². The number of benzene rings is 1. The molecule has 1 saturated carbocycles. The van der Waals surface area contributed by atoms with E-state index in [9.17, 15) is 13.2 Å². The summed E-state index contributed by atoms with van der Waals surface area (Å²) in [6.45, 7) is 1.43. The number of amides is 1. The van der Waals surface area contributed by atoms with Gasteiger partial charge in [0.25, 0.3) is 5.91 Å². The number of carbonyl (C=O) groups is 1. The first-order chi connectivity index (χ1) is 11.8. The number of hydrogen-bond acceptors (Lipinski definition) is 4. The first kappa shape index (κ1) is 19.7. The van der Waals surface area contributed by atoms with Gasteiger partial charge in [-0.05, 0) is 56.4 Å². The number of hydrazone groups is 1. The van der Waals surface area contributed by atoms with Gasteiger partial charge in [-0.15, -0.1) is 0 Å². The number of nitrogens with one attached hydrogen (secondary N) is 1. The monoisotopic (exact) mass is 385 g/mol. The lowest BCUT2D eigenvalue weighted by atomic mass is 10.2. The van der Waals surface area contributed by atoms with E-state index >= 15 is 0 Å². The van der Waals surface area contributed by atoms with Crippen molar-refractivity contribution < 1.29 is 13.2 Å². The Morgan fingerprint density at radius 3 is 2.44 bits per heavy atom. The van der Waals surface area contributed by atoms with Crippen molar-refractivity contribution >= 4 is 38.9 Å². The molecule has 0 aliphatic heterocycles. The fraction of sp³-hybridized carbons (Fsp3) is 0.529. The summed E-state index contributed by atoms with van der Waals surface area (Å²) in [6.07, 6.45) is 7.36. The average Bonchev–Trinajstić information content (AvgIpc) is 2.79. The minimum Gasteiger partial charge on any atom is -0.271 e. The van der Waals surface area contributed by atoms with E-state index in [0.29, 0.717) is 16.3 Å². The first-order valence-corrected chi connectivity index (χ1v) is 10.6. The number of rotatable bonds is 5. The molecule has 1 N–H and O–H groups in total. The predicted octanol–water partition coefficient (Wildman–Crippen LogP) is 3.24. The van der Waals surface area contributed by atoms with Gasteiger partial charge < -0.3 is 0 Å². The number of hydrogen-bond donors (Lipinski definition) is 1. The van der Waals surface area contributed by atoms with Crippen LogP contribution in [0.25, 0.3) is 0 Å². The van der Waals surface area contributed by atoms with Crippen molar-refractivity contribution in [3.05, 3.63) is 28.8 Å². The lowest BCUT2D eigenvalue weighted by Crippen LogP contribution is -2.39.